The summed E-state index contributed by atoms with van der Waals surface area (Å²) in [5.74, 6) is 3.61. The van der Waals surface area contributed by atoms with E-state index in [4.69, 9.17) is 0 Å². The molecule has 8 unspecified atom stereocenters. The average Bonchev–Trinajstić information content (AvgIpc) is 3.96. The van der Waals surface area contributed by atoms with Gasteiger partial charge in [-0.25, -0.2) is 0 Å². The zero-order chi connectivity index (χ0) is 42.4. The van der Waals surface area contributed by atoms with Gasteiger partial charge in [-0.3, -0.25) is 0 Å². The molecule has 9 aliphatic rings. The van der Waals surface area contributed by atoms with Crippen LogP contribution >= 0.6 is 0 Å². The molecule has 9 aliphatic carbocycles. The highest BCUT2D eigenvalue weighted by molar-refractivity contribution is 5.95. The molecule has 2 nitrogen and oxygen atoms in total. The molecule has 1 heterocycles. The molecular formula is C62H62N2. The zero-order valence-electron chi connectivity index (χ0n) is 37.6. The van der Waals surface area contributed by atoms with Crippen molar-refractivity contribution < 1.29 is 0 Å². The highest BCUT2D eigenvalue weighted by Crippen LogP contribution is 2.68. The van der Waals surface area contributed by atoms with E-state index in [-0.39, 0.29) is 5.41 Å². The summed E-state index contributed by atoms with van der Waals surface area (Å²) in [7, 11) is 0. The van der Waals surface area contributed by atoms with Crippen LogP contribution in [0.5, 0.6) is 0 Å². The van der Waals surface area contributed by atoms with Gasteiger partial charge in [-0.15, -0.1) is 0 Å². The summed E-state index contributed by atoms with van der Waals surface area (Å²) < 4.78 is 2.62. The van der Waals surface area contributed by atoms with Gasteiger partial charge < -0.3 is 9.47 Å². The minimum atomic E-state index is -0.0607. The quantitative estimate of drug-likeness (QED) is 0.176. The Balaban J connectivity index is 0.898. The van der Waals surface area contributed by atoms with Gasteiger partial charge in [0.05, 0.1) is 5.52 Å². The standard InChI is InChI=1S/C62H62N2/c1-41-38-61-55(53-23-11-15-27-60(53)64(61)45-18-6-3-7-19-45)40-54(41)44-30-34-47(35-31-44)63(46-32-28-43(29-33-46)42-16-4-2-5-17-42)48-36-37-52-51-22-10-14-26-58(51)62(59(52)39-48)56-24-12-8-20-49(56)50-21-9-13-25-57(50)62/h3-4,6,8-9,11-18,20-21,23-27,32,34,36-37,39-41,43-44,49,51,56,58H,2,5,7,10,19,22,28-31,33,35,38H2,1H3. The lowest BCUT2D eigenvalue weighted by Gasteiger charge is -2.42. The molecule has 0 aliphatic heterocycles. The van der Waals surface area contributed by atoms with Gasteiger partial charge in [0, 0.05) is 56.7 Å². The van der Waals surface area contributed by atoms with Gasteiger partial charge in [0.2, 0.25) is 0 Å². The van der Waals surface area contributed by atoms with Crippen molar-refractivity contribution in [2.45, 2.75) is 108 Å². The second-order valence-corrected chi connectivity index (χ2v) is 20.6. The molecule has 0 radical (unpaired) electrons. The first-order valence-electron chi connectivity index (χ1n) is 25.2. The minimum absolute atomic E-state index is 0.0607. The monoisotopic (exact) mass is 834 g/mol. The highest BCUT2D eigenvalue weighted by atomic mass is 15.2. The lowest BCUT2D eigenvalue weighted by molar-refractivity contribution is 0.285. The third-order valence-electron chi connectivity index (χ3n) is 17.5. The predicted molar refractivity (Wildman–Crippen MR) is 268 cm³/mol. The van der Waals surface area contributed by atoms with Gasteiger partial charge in [-0.1, -0.05) is 146 Å². The third-order valence-corrected chi connectivity index (χ3v) is 17.5. The number of hydrogen-bond acceptors (Lipinski definition) is 1. The van der Waals surface area contributed by atoms with Gasteiger partial charge in [-0.05, 0) is 165 Å². The molecule has 0 bridgehead atoms. The predicted octanol–water partition coefficient (Wildman–Crippen LogP) is 15.7. The summed E-state index contributed by atoms with van der Waals surface area (Å²) in [6, 6.07) is 26.6. The van der Waals surface area contributed by atoms with Gasteiger partial charge in [-0.2, -0.15) is 0 Å². The van der Waals surface area contributed by atoms with Crippen LogP contribution in [0.25, 0.3) is 22.7 Å². The second kappa shape index (κ2) is 15.5. The Bertz CT molecular complexity index is 2880. The topological polar surface area (TPSA) is 8.17 Å². The van der Waals surface area contributed by atoms with Gasteiger partial charge >= 0.3 is 0 Å². The van der Waals surface area contributed by atoms with Crippen molar-refractivity contribution in [1.29, 1.82) is 0 Å². The van der Waals surface area contributed by atoms with E-state index in [1.807, 2.05) is 0 Å². The fourth-order valence-corrected chi connectivity index (χ4v) is 14.7. The molecule has 0 amide bonds. The van der Waals surface area contributed by atoms with Crippen molar-refractivity contribution in [3.05, 3.63) is 208 Å². The fraction of sp³-hybridized carbons (Fsp3) is 0.355. The molecule has 1 spiro atoms. The molecule has 13 rings (SSSR count). The number of rotatable bonds is 6. The number of benzene rings is 3. The maximum absolute atomic E-state index is 2.79. The number of aromatic nitrogens is 1. The van der Waals surface area contributed by atoms with E-state index in [1.54, 1.807) is 33.4 Å². The first kappa shape index (κ1) is 38.8. The summed E-state index contributed by atoms with van der Waals surface area (Å²) in [5, 5.41) is 1.42. The van der Waals surface area contributed by atoms with Gasteiger partial charge in [0.15, 0.2) is 0 Å². The number of nitrogens with zero attached hydrogens (tertiary/aromatic N) is 2. The Labute approximate surface area is 381 Å². The molecule has 320 valence electrons. The largest absolute Gasteiger partial charge is 0.319 e. The molecule has 0 saturated carbocycles. The van der Waals surface area contributed by atoms with E-state index >= 15 is 0 Å². The summed E-state index contributed by atoms with van der Waals surface area (Å²) in [5.41, 5.74) is 19.7. The summed E-state index contributed by atoms with van der Waals surface area (Å²) >= 11 is 0. The maximum atomic E-state index is 2.79. The van der Waals surface area contributed by atoms with Crippen LogP contribution in [0.4, 0.5) is 5.69 Å². The minimum Gasteiger partial charge on any atom is -0.319 e. The van der Waals surface area contributed by atoms with Crippen LogP contribution in [0.2, 0.25) is 0 Å². The Morgan fingerprint density at radius 1 is 0.672 bits per heavy atom. The fourth-order valence-electron chi connectivity index (χ4n) is 14.7. The van der Waals surface area contributed by atoms with E-state index in [1.165, 1.54) is 83.5 Å². The van der Waals surface area contributed by atoms with Crippen LogP contribution in [-0.2, 0) is 11.8 Å². The van der Waals surface area contributed by atoms with E-state index in [0.29, 0.717) is 41.4 Å². The molecule has 0 N–H and O–H groups in total. The molecule has 0 fully saturated rings. The number of para-hydroxylation sites is 1. The Kier molecular flexibility index (Phi) is 9.43. The molecule has 2 heteroatoms. The molecule has 3 aromatic carbocycles. The van der Waals surface area contributed by atoms with Crippen LogP contribution < -0.4 is 4.90 Å². The molecule has 8 atom stereocenters. The van der Waals surface area contributed by atoms with Crippen LogP contribution in [0, 0.1) is 29.6 Å². The molecule has 64 heavy (non-hydrogen) atoms. The average molecular weight is 835 g/mol. The van der Waals surface area contributed by atoms with E-state index in [0.717, 1.165) is 44.9 Å². The van der Waals surface area contributed by atoms with Crippen molar-refractivity contribution >= 4 is 28.4 Å². The number of hydrogen-bond donors (Lipinski definition) is 0. The first-order valence-corrected chi connectivity index (χ1v) is 25.2. The van der Waals surface area contributed by atoms with Gasteiger partial charge in [0.25, 0.3) is 0 Å². The third kappa shape index (κ3) is 5.89. The van der Waals surface area contributed by atoms with Crippen LogP contribution in [0.3, 0.4) is 0 Å². The SMILES string of the molecule is CC1Cc2c(c3ccccc3n2C2=CC=CCC2)C=C1C1CC=C(N(C2=CCC(C3=CCCC=C3)CC2)c2ccc3c(c2)C2(c4ccccc4C4C=CC=CC42)C2C=CCCC32)CC1. The number of allylic oxidation sites excluding steroid dienone is 19. The zero-order valence-corrected chi connectivity index (χ0v) is 37.6. The van der Waals surface area contributed by atoms with Crippen molar-refractivity contribution in [3.8, 4) is 0 Å². The Morgan fingerprint density at radius 2 is 1.52 bits per heavy atom. The number of anilines is 1. The normalized spacial score (nSPS) is 30.8. The summed E-state index contributed by atoms with van der Waals surface area (Å²) in [4.78, 5) is 2.79. The van der Waals surface area contributed by atoms with E-state index in [2.05, 4.69) is 174 Å². The molecule has 1 aromatic heterocycles. The van der Waals surface area contributed by atoms with Crippen molar-refractivity contribution in [3.63, 3.8) is 0 Å². The molecule has 4 aromatic rings. The van der Waals surface area contributed by atoms with Crippen LogP contribution in [0.15, 0.2) is 174 Å². The molecule has 0 saturated heterocycles. The summed E-state index contributed by atoms with van der Waals surface area (Å²) in [6.07, 6.45) is 52.2. The number of fused-ring (bicyclic) bond motifs is 13. The molecular weight excluding hydrogens is 773 g/mol. The smallest absolute Gasteiger partial charge is 0.0534 e. The maximum Gasteiger partial charge on any atom is 0.0534 e. The van der Waals surface area contributed by atoms with E-state index < -0.39 is 0 Å². The summed E-state index contributed by atoms with van der Waals surface area (Å²) in [6.45, 7) is 2.51. The van der Waals surface area contributed by atoms with Crippen molar-refractivity contribution in [2.24, 2.45) is 29.6 Å². The lowest BCUT2D eigenvalue weighted by Crippen LogP contribution is -2.39. The lowest BCUT2D eigenvalue weighted by atomic mass is 9.61. The van der Waals surface area contributed by atoms with Gasteiger partial charge in [0.1, 0.15) is 0 Å². The van der Waals surface area contributed by atoms with Crippen LogP contribution in [-0.4, -0.2) is 4.57 Å². The van der Waals surface area contributed by atoms with E-state index in [9.17, 15) is 0 Å². The second-order valence-electron chi connectivity index (χ2n) is 20.6. The first-order chi connectivity index (χ1) is 31.7. The van der Waals surface area contributed by atoms with Crippen LogP contribution in [0.1, 0.15) is 129 Å². The Morgan fingerprint density at radius 3 is 2.34 bits per heavy atom. The Hall–Kier alpha value is -5.60. The van der Waals surface area contributed by atoms with Crippen molar-refractivity contribution in [2.75, 3.05) is 4.90 Å². The van der Waals surface area contributed by atoms with Crippen molar-refractivity contribution in [1.82, 2.24) is 4.57 Å². The highest BCUT2D eigenvalue weighted by Gasteiger charge is 2.61.